The number of benzene rings is 1. The summed E-state index contributed by atoms with van der Waals surface area (Å²) in [7, 11) is 0. The lowest BCUT2D eigenvalue weighted by Crippen LogP contribution is -1.74. The fourth-order valence-corrected chi connectivity index (χ4v) is 1.63. The van der Waals surface area contributed by atoms with Crippen LogP contribution in [-0.4, -0.2) is 6.21 Å². The number of hydrogen-bond acceptors (Lipinski definition) is 2. The predicted molar refractivity (Wildman–Crippen MR) is 62.4 cm³/mol. The summed E-state index contributed by atoms with van der Waals surface area (Å²) in [6, 6.07) is 8.73. The van der Waals surface area contributed by atoms with E-state index in [9.17, 15) is 0 Å². The third-order valence-electron chi connectivity index (χ3n) is 1.73. The minimum Gasteiger partial charge on any atom is -0.463 e. The van der Waals surface area contributed by atoms with Crippen LogP contribution in [0.5, 0.6) is 0 Å². The third kappa shape index (κ3) is 2.85. The van der Waals surface area contributed by atoms with Gasteiger partial charge >= 0.3 is 0 Å². The molecule has 1 aromatic carbocycles. The van der Waals surface area contributed by atoms with E-state index < -0.39 is 0 Å². The molecule has 2 rings (SSSR count). The number of furan rings is 1. The molecule has 0 atom stereocenters. The molecule has 4 heteroatoms. The van der Waals surface area contributed by atoms with E-state index in [1.807, 2.05) is 6.07 Å². The highest BCUT2D eigenvalue weighted by Crippen LogP contribution is 2.24. The van der Waals surface area contributed by atoms with Gasteiger partial charge in [-0.2, -0.15) is 0 Å². The summed E-state index contributed by atoms with van der Waals surface area (Å²) in [6.45, 7) is 0. The molecule has 0 aliphatic carbocycles. The van der Waals surface area contributed by atoms with Crippen LogP contribution in [0.25, 0.3) is 0 Å². The highest BCUT2D eigenvalue weighted by molar-refractivity contribution is 6.35. The highest BCUT2D eigenvalue weighted by Gasteiger charge is 1.96. The van der Waals surface area contributed by atoms with Crippen molar-refractivity contribution in [3.8, 4) is 0 Å². The van der Waals surface area contributed by atoms with Gasteiger partial charge in [0.05, 0.1) is 18.2 Å². The van der Waals surface area contributed by atoms with Crippen molar-refractivity contribution >= 4 is 35.1 Å². The summed E-state index contributed by atoms with van der Waals surface area (Å²) in [6.07, 6.45) is 3.20. The Hall–Kier alpha value is -1.25. The molecule has 76 valence electrons. The highest BCUT2D eigenvalue weighted by atomic mass is 35.5. The van der Waals surface area contributed by atoms with E-state index in [0.29, 0.717) is 21.5 Å². The van der Waals surface area contributed by atoms with Gasteiger partial charge in [-0.3, -0.25) is 4.99 Å². The summed E-state index contributed by atoms with van der Waals surface area (Å²) >= 11 is 11.7. The van der Waals surface area contributed by atoms with Crippen molar-refractivity contribution in [1.29, 1.82) is 0 Å². The molecule has 0 aliphatic rings. The first-order valence-corrected chi connectivity index (χ1v) is 5.03. The van der Waals surface area contributed by atoms with Crippen molar-refractivity contribution in [1.82, 2.24) is 0 Å². The number of halogens is 2. The van der Waals surface area contributed by atoms with E-state index in [2.05, 4.69) is 4.99 Å². The summed E-state index contributed by atoms with van der Waals surface area (Å²) in [5.74, 6) is 0.686. The second-order valence-electron chi connectivity index (χ2n) is 2.90. The van der Waals surface area contributed by atoms with Gasteiger partial charge < -0.3 is 4.42 Å². The van der Waals surface area contributed by atoms with Crippen LogP contribution in [0.15, 0.2) is 46.0 Å². The van der Waals surface area contributed by atoms with Gasteiger partial charge in [0, 0.05) is 10.0 Å². The molecule has 0 radical (unpaired) electrons. The summed E-state index contributed by atoms with van der Waals surface area (Å²) < 4.78 is 5.10. The van der Waals surface area contributed by atoms with E-state index in [-0.39, 0.29) is 0 Å². The first-order chi connectivity index (χ1) is 7.24. The Kier molecular flexibility index (Phi) is 3.09. The summed E-state index contributed by atoms with van der Waals surface area (Å²) in [4.78, 5) is 4.18. The Labute approximate surface area is 97.1 Å². The minimum absolute atomic E-state index is 0.564. The van der Waals surface area contributed by atoms with Crippen molar-refractivity contribution in [3.05, 3.63) is 52.4 Å². The maximum atomic E-state index is 5.83. The lowest BCUT2D eigenvalue weighted by molar-refractivity contribution is 0.560. The second-order valence-corrected chi connectivity index (χ2v) is 3.77. The molecule has 15 heavy (non-hydrogen) atoms. The van der Waals surface area contributed by atoms with Crippen LogP contribution in [-0.2, 0) is 0 Å². The molecule has 0 aliphatic heterocycles. The van der Waals surface area contributed by atoms with Crippen LogP contribution in [0.2, 0.25) is 10.0 Å². The van der Waals surface area contributed by atoms with Crippen molar-refractivity contribution in [2.75, 3.05) is 0 Å². The van der Waals surface area contributed by atoms with Crippen molar-refractivity contribution in [3.63, 3.8) is 0 Å². The molecule has 0 saturated carbocycles. The average molecular weight is 240 g/mol. The molecule has 0 unspecified atom stereocenters. The van der Waals surface area contributed by atoms with Crippen molar-refractivity contribution in [2.24, 2.45) is 4.99 Å². The second kappa shape index (κ2) is 4.51. The Bertz CT molecular complexity index is 457. The van der Waals surface area contributed by atoms with Crippen LogP contribution in [0.4, 0.5) is 5.69 Å². The topological polar surface area (TPSA) is 25.5 Å². The molecule has 0 spiro atoms. The maximum absolute atomic E-state index is 5.83. The predicted octanol–water partition coefficient (Wildman–Crippen LogP) is 4.34. The first-order valence-electron chi connectivity index (χ1n) is 4.28. The number of rotatable bonds is 2. The monoisotopic (exact) mass is 239 g/mol. The van der Waals surface area contributed by atoms with Crippen LogP contribution in [0.3, 0.4) is 0 Å². The lowest BCUT2D eigenvalue weighted by atomic mass is 10.3. The zero-order chi connectivity index (χ0) is 10.7. The first kappa shape index (κ1) is 10.3. The SMILES string of the molecule is Clc1cc(Cl)cc(N=Cc2ccco2)c1. The third-order valence-corrected chi connectivity index (χ3v) is 2.17. The zero-order valence-electron chi connectivity index (χ0n) is 7.65. The van der Waals surface area contributed by atoms with Gasteiger partial charge in [-0.1, -0.05) is 23.2 Å². The molecule has 0 N–H and O–H groups in total. The molecule has 1 heterocycles. The quantitative estimate of drug-likeness (QED) is 0.717. The van der Waals surface area contributed by atoms with Gasteiger partial charge in [0.25, 0.3) is 0 Å². The molecule has 0 amide bonds. The van der Waals surface area contributed by atoms with Gasteiger partial charge in [0.2, 0.25) is 0 Å². The van der Waals surface area contributed by atoms with Gasteiger partial charge in [-0.15, -0.1) is 0 Å². The lowest BCUT2D eigenvalue weighted by Gasteiger charge is -1.95. The Morgan fingerprint density at radius 1 is 1.13 bits per heavy atom. The standard InChI is InChI=1S/C11H7Cl2NO/c12-8-4-9(13)6-10(5-8)14-7-11-2-1-3-15-11/h1-7H. The van der Waals surface area contributed by atoms with Gasteiger partial charge in [0.1, 0.15) is 5.76 Å². The smallest absolute Gasteiger partial charge is 0.144 e. The molecule has 2 aromatic rings. The van der Waals surface area contributed by atoms with E-state index >= 15 is 0 Å². The van der Waals surface area contributed by atoms with Gasteiger partial charge in [-0.05, 0) is 30.3 Å². The van der Waals surface area contributed by atoms with E-state index in [1.54, 1.807) is 36.7 Å². The molecule has 0 fully saturated rings. The largest absolute Gasteiger partial charge is 0.463 e. The maximum Gasteiger partial charge on any atom is 0.144 e. The molecule has 0 bridgehead atoms. The number of aliphatic imine (C=N–C) groups is 1. The molecule has 1 aromatic heterocycles. The summed E-state index contributed by atoms with van der Waals surface area (Å²) in [5, 5.41) is 1.13. The molecular weight excluding hydrogens is 233 g/mol. The normalized spacial score (nSPS) is 11.1. The molecular formula is C11H7Cl2NO. The fourth-order valence-electron chi connectivity index (χ4n) is 1.12. The number of hydrogen-bond donors (Lipinski definition) is 0. The minimum atomic E-state index is 0.564. The van der Waals surface area contributed by atoms with Crippen LogP contribution < -0.4 is 0 Å². The van der Waals surface area contributed by atoms with Crippen LogP contribution in [0.1, 0.15) is 5.76 Å². The zero-order valence-corrected chi connectivity index (χ0v) is 9.16. The average Bonchev–Trinajstić information content (AvgIpc) is 2.65. The molecule has 2 nitrogen and oxygen atoms in total. The van der Waals surface area contributed by atoms with E-state index in [4.69, 9.17) is 27.6 Å². The Morgan fingerprint density at radius 2 is 1.87 bits per heavy atom. The number of nitrogens with zero attached hydrogens (tertiary/aromatic N) is 1. The van der Waals surface area contributed by atoms with Crippen LogP contribution >= 0.6 is 23.2 Å². The molecule has 0 saturated heterocycles. The van der Waals surface area contributed by atoms with E-state index in [0.717, 1.165) is 0 Å². The Morgan fingerprint density at radius 3 is 2.47 bits per heavy atom. The summed E-state index contributed by atoms with van der Waals surface area (Å²) in [5.41, 5.74) is 0.698. The Balaban J connectivity index is 2.24. The van der Waals surface area contributed by atoms with Gasteiger partial charge in [0.15, 0.2) is 0 Å². The van der Waals surface area contributed by atoms with Crippen LogP contribution in [0, 0.1) is 0 Å². The van der Waals surface area contributed by atoms with Gasteiger partial charge in [-0.25, -0.2) is 0 Å². The fraction of sp³-hybridized carbons (Fsp3) is 0. The van der Waals surface area contributed by atoms with Crippen molar-refractivity contribution < 1.29 is 4.42 Å². The van der Waals surface area contributed by atoms with E-state index in [1.165, 1.54) is 0 Å². The van der Waals surface area contributed by atoms with Crippen molar-refractivity contribution in [2.45, 2.75) is 0 Å².